The summed E-state index contributed by atoms with van der Waals surface area (Å²) in [7, 11) is 1.14. The van der Waals surface area contributed by atoms with E-state index in [1.54, 1.807) is 0 Å². The highest BCUT2D eigenvalue weighted by Crippen LogP contribution is 2.55. The Morgan fingerprint density at radius 3 is 2.41 bits per heavy atom. The number of carboxylic acids is 1. The van der Waals surface area contributed by atoms with Gasteiger partial charge in [-0.25, -0.2) is 8.78 Å². The van der Waals surface area contributed by atoms with Crippen LogP contribution in [-0.4, -0.2) is 23.3 Å². The summed E-state index contributed by atoms with van der Waals surface area (Å²) in [6.45, 7) is 0. The first kappa shape index (κ1) is 11.6. The van der Waals surface area contributed by atoms with Crippen LogP contribution in [-0.2, 0) is 10.2 Å². The van der Waals surface area contributed by atoms with Gasteiger partial charge in [0.1, 0.15) is 5.41 Å². The first-order valence-electron chi connectivity index (χ1n) is 4.93. The smallest absolute Gasteiger partial charge is 0.314 e. The van der Waals surface area contributed by atoms with Crippen LogP contribution >= 0.6 is 0 Å². The Kier molecular flexibility index (Phi) is 2.45. The summed E-state index contributed by atoms with van der Waals surface area (Å²) in [5.41, 5.74) is -1.75. The highest BCUT2D eigenvalue weighted by atomic mass is 19.1. The van der Waals surface area contributed by atoms with Crippen LogP contribution in [0.4, 0.5) is 8.78 Å². The third kappa shape index (κ3) is 1.51. The van der Waals surface area contributed by atoms with Crippen LogP contribution < -0.4 is 4.74 Å². The van der Waals surface area contributed by atoms with Gasteiger partial charge in [0, 0.05) is 6.07 Å². The quantitative estimate of drug-likeness (QED) is 0.850. The predicted molar refractivity (Wildman–Crippen MR) is 53.1 cm³/mol. The number of benzene rings is 1. The summed E-state index contributed by atoms with van der Waals surface area (Å²) in [6, 6.07) is 0.468. The number of ether oxygens (including phenoxy) is 1. The molecule has 2 rings (SSSR count). The van der Waals surface area contributed by atoms with Crippen LogP contribution in [0.15, 0.2) is 6.07 Å². The molecule has 2 N–H and O–H groups in total. The van der Waals surface area contributed by atoms with Crippen molar-refractivity contribution in [1.82, 2.24) is 0 Å². The minimum Gasteiger partial charge on any atom is -0.505 e. The van der Waals surface area contributed by atoms with Gasteiger partial charge in [0.2, 0.25) is 0 Å². The molecule has 0 aliphatic heterocycles. The van der Waals surface area contributed by atoms with Crippen molar-refractivity contribution in [3.8, 4) is 11.5 Å². The Bertz CT molecular complexity index is 495. The standard InChI is InChI=1S/C11H10F2O4/c1-17-9-6(13)4-5(12)8(14)7(9)11(2-3-11)10(15)16/h4,14H,2-3H2,1H3,(H,15,16). The van der Waals surface area contributed by atoms with Crippen LogP contribution in [0.3, 0.4) is 0 Å². The average Bonchev–Trinajstić information content (AvgIpc) is 3.04. The van der Waals surface area contributed by atoms with Crippen LogP contribution in [0.2, 0.25) is 0 Å². The number of aliphatic carboxylic acids is 1. The normalized spacial score (nSPS) is 16.6. The number of carboxylic acid groups (broad SMARTS) is 1. The minimum atomic E-state index is -1.43. The number of rotatable bonds is 3. The van der Waals surface area contributed by atoms with Gasteiger partial charge in [-0.05, 0) is 12.8 Å². The number of methoxy groups -OCH3 is 1. The van der Waals surface area contributed by atoms with Gasteiger partial charge >= 0.3 is 5.97 Å². The lowest BCUT2D eigenvalue weighted by molar-refractivity contribution is -0.140. The summed E-state index contributed by atoms with van der Waals surface area (Å²) >= 11 is 0. The van der Waals surface area contributed by atoms with Gasteiger partial charge in [-0.2, -0.15) is 0 Å². The van der Waals surface area contributed by atoms with Crippen molar-refractivity contribution in [2.24, 2.45) is 0 Å². The molecule has 1 saturated carbocycles. The molecule has 1 fully saturated rings. The largest absolute Gasteiger partial charge is 0.505 e. The zero-order valence-corrected chi connectivity index (χ0v) is 8.96. The number of halogens is 2. The Morgan fingerprint density at radius 2 is 2.00 bits per heavy atom. The van der Waals surface area contributed by atoms with Crippen molar-refractivity contribution in [2.75, 3.05) is 7.11 Å². The monoisotopic (exact) mass is 244 g/mol. The second-order valence-corrected chi connectivity index (χ2v) is 3.98. The molecule has 0 aromatic heterocycles. The SMILES string of the molecule is COc1c(F)cc(F)c(O)c1C1(C(=O)O)CC1. The molecule has 0 radical (unpaired) electrons. The lowest BCUT2D eigenvalue weighted by atomic mass is 9.93. The van der Waals surface area contributed by atoms with E-state index in [1.165, 1.54) is 0 Å². The molecule has 1 aromatic rings. The molecule has 92 valence electrons. The fraction of sp³-hybridized carbons (Fsp3) is 0.364. The van der Waals surface area contributed by atoms with Crippen molar-refractivity contribution >= 4 is 5.97 Å². The fourth-order valence-electron chi connectivity index (χ4n) is 1.93. The van der Waals surface area contributed by atoms with Crippen molar-refractivity contribution in [1.29, 1.82) is 0 Å². The second kappa shape index (κ2) is 3.58. The van der Waals surface area contributed by atoms with Crippen LogP contribution in [0.25, 0.3) is 0 Å². The Hall–Kier alpha value is -1.85. The number of phenolic OH excluding ortho intramolecular Hbond substituents is 1. The first-order valence-corrected chi connectivity index (χ1v) is 4.93. The molecule has 0 amide bonds. The van der Waals surface area contributed by atoms with Gasteiger partial charge in [-0.15, -0.1) is 0 Å². The number of aromatic hydroxyl groups is 1. The van der Waals surface area contributed by atoms with Crippen molar-refractivity contribution < 1.29 is 28.5 Å². The van der Waals surface area contributed by atoms with E-state index in [0.717, 1.165) is 7.11 Å². The van der Waals surface area contributed by atoms with Gasteiger partial charge < -0.3 is 14.9 Å². The van der Waals surface area contributed by atoms with E-state index in [-0.39, 0.29) is 18.4 Å². The van der Waals surface area contributed by atoms with Crippen LogP contribution in [0.5, 0.6) is 11.5 Å². The molecule has 0 bridgehead atoms. The van der Waals surface area contributed by atoms with Crippen molar-refractivity contribution in [2.45, 2.75) is 18.3 Å². The molecule has 1 aromatic carbocycles. The summed E-state index contributed by atoms with van der Waals surface area (Å²) in [5, 5.41) is 18.6. The fourth-order valence-corrected chi connectivity index (χ4v) is 1.93. The van der Waals surface area contributed by atoms with Gasteiger partial charge in [0.25, 0.3) is 0 Å². The summed E-state index contributed by atoms with van der Waals surface area (Å²) < 4.78 is 31.4. The van der Waals surface area contributed by atoms with Gasteiger partial charge in [0.15, 0.2) is 23.1 Å². The Morgan fingerprint density at radius 1 is 1.41 bits per heavy atom. The number of phenols is 1. The molecule has 0 unspecified atom stereocenters. The summed E-state index contributed by atoms with van der Waals surface area (Å²) in [5.74, 6) is -4.71. The lowest BCUT2D eigenvalue weighted by Gasteiger charge is -2.17. The van der Waals surface area contributed by atoms with Crippen molar-refractivity contribution in [3.05, 3.63) is 23.3 Å². The predicted octanol–water partition coefficient (Wildman–Crippen LogP) is 1.80. The maximum Gasteiger partial charge on any atom is 0.314 e. The summed E-state index contributed by atoms with van der Waals surface area (Å²) in [6.07, 6.45) is 0.435. The van der Waals surface area contributed by atoms with Crippen LogP contribution in [0, 0.1) is 11.6 Å². The number of carbonyl (C=O) groups is 1. The maximum atomic E-state index is 13.4. The Labute approximate surface area is 95.4 Å². The van der Waals surface area contributed by atoms with Gasteiger partial charge in [0.05, 0.1) is 12.7 Å². The zero-order valence-electron chi connectivity index (χ0n) is 8.96. The molecule has 0 saturated heterocycles. The third-order valence-corrected chi connectivity index (χ3v) is 3.00. The van der Waals surface area contributed by atoms with Crippen LogP contribution in [0.1, 0.15) is 18.4 Å². The molecule has 1 aliphatic carbocycles. The number of hydrogen-bond donors (Lipinski definition) is 2. The van der Waals surface area contributed by atoms with E-state index < -0.39 is 34.5 Å². The lowest BCUT2D eigenvalue weighted by Crippen LogP contribution is -2.21. The zero-order chi connectivity index (χ0) is 12.8. The molecular formula is C11H10F2O4. The van der Waals surface area contributed by atoms with Gasteiger partial charge in [-0.3, -0.25) is 4.79 Å². The number of hydrogen-bond acceptors (Lipinski definition) is 3. The molecule has 1 aliphatic rings. The molecule has 17 heavy (non-hydrogen) atoms. The van der Waals surface area contributed by atoms with E-state index >= 15 is 0 Å². The Balaban J connectivity index is 2.71. The maximum absolute atomic E-state index is 13.4. The van der Waals surface area contributed by atoms with E-state index in [9.17, 15) is 18.7 Å². The average molecular weight is 244 g/mol. The molecule has 6 heteroatoms. The minimum absolute atomic E-state index is 0.217. The topological polar surface area (TPSA) is 66.8 Å². The molecule has 0 spiro atoms. The summed E-state index contributed by atoms with van der Waals surface area (Å²) in [4.78, 5) is 11.1. The molecule has 0 atom stereocenters. The van der Waals surface area contributed by atoms with E-state index in [0.29, 0.717) is 6.07 Å². The van der Waals surface area contributed by atoms with E-state index in [1.807, 2.05) is 0 Å². The van der Waals surface area contributed by atoms with E-state index in [4.69, 9.17) is 9.84 Å². The third-order valence-electron chi connectivity index (χ3n) is 3.00. The second-order valence-electron chi connectivity index (χ2n) is 3.98. The van der Waals surface area contributed by atoms with Crippen molar-refractivity contribution in [3.63, 3.8) is 0 Å². The molecule has 0 heterocycles. The highest BCUT2D eigenvalue weighted by Gasteiger charge is 2.56. The van der Waals surface area contributed by atoms with E-state index in [2.05, 4.69) is 0 Å². The molecular weight excluding hydrogens is 234 g/mol. The van der Waals surface area contributed by atoms with Gasteiger partial charge in [-0.1, -0.05) is 0 Å². The first-order chi connectivity index (χ1) is 7.94. The molecule has 4 nitrogen and oxygen atoms in total. The highest BCUT2D eigenvalue weighted by molar-refractivity contribution is 5.87.